The van der Waals surface area contributed by atoms with E-state index in [1.807, 2.05) is 5.92 Å². The fourth-order valence-corrected chi connectivity index (χ4v) is 2.25. The van der Waals surface area contributed by atoms with E-state index in [4.69, 9.17) is 11.2 Å². The molecule has 0 atom stereocenters. The third kappa shape index (κ3) is 7.26. The van der Waals surface area contributed by atoms with Crippen molar-refractivity contribution >= 4 is 11.6 Å². The van der Waals surface area contributed by atoms with Crippen LogP contribution in [0.1, 0.15) is 32.7 Å². The number of aryl methyl sites for hydroxylation is 1. The number of nitrogens with one attached hydrogen (secondary N) is 2. The number of hydrogen-bond acceptors (Lipinski definition) is 5. The summed E-state index contributed by atoms with van der Waals surface area (Å²) in [5, 5.41) is 0. The van der Waals surface area contributed by atoms with Crippen LogP contribution in [0, 0.1) is 12.3 Å². The molecule has 1 rings (SSSR count). The minimum Gasteiger partial charge on any atom is -0.497 e. The summed E-state index contributed by atoms with van der Waals surface area (Å²) in [4.78, 5) is 23.9. The zero-order valence-electron chi connectivity index (χ0n) is 16.5. The van der Waals surface area contributed by atoms with E-state index in [1.54, 1.807) is 24.3 Å². The number of carbonyl (C=O) groups excluding carboxylic acids is 2. The van der Waals surface area contributed by atoms with Crippen molar-refractivity contribution in [1.29, 1.82) is 0 Å². The molecule has 5 heteroatoms. The maximum atomic E-state index is 12.2. The van der Waals surface area contributed by atoms with E-state index >= 15 is 0 Å². The number of carbonyl (C=O) groups is 2. The smallest absolute Gasteiger partial charge is 0.235 e. The van der Waals surface area contributed by atoms with Crippen molar-refractivity contribution in [2.45, 2.75) is 12.8 Å². The molecule has 0 radical (unpaired) electrons. The number of hydrogen-bond donors (Lipinski definition) is 2. The Balaban J connectivity index is 2.79. The molecule has 0 fully saturated rings. The van der Waals surface area contributed by atoms with Crippen LogP contribution in [-0.4, -0.2) is 18.7 Å². The third-order valence-corrected chi connectivity index (χ3v) is 3.91. The van der Waals surface area contributed by atoms with Crippen LogP contribution in [0.4, 0.5) is 0 Å². The molecular weight excluding hydrogens is 364 g/mol. The number of methoxy groups -OCH3 is 1. The molecule has 0 saturated heterocycles. The number of rotatable bonds is 12. The van der Waals surface area contributed by atoms with E-state index < -0.39 is 5.78 Å². The number of ether oxygens (including phenoxy) is 1. The second kappa shape index (κ2) is 11.7. The Kier molecular flexibility index (Phi) is 9.26. The molecule has 5 nitrogen and oxygen atoms in total. The summed E-state index contributed by atoms with van der Waals surface area (Å²) in [6, 6.07) is 4.83. The van der Waals surface area contributed by atoms with Crippen LogP contribution in [0.2, 0.25) is 0 Å². The Hall–Kier alpha value is -4.00. The number of hydrazine groups is 1. The zero-order valence-corrected chi connectivity index (χ0v) is 16.5. The summed E-state index contributed by atoms with van der Waals surface area (Å²) in [6.45, 7) is 14.8. The molecule has 0 bridgehead atoms. The lowest BCUT2D eigenvalue weighted by Gasteiger charge is -2.13. The summed E-state index contributed by atoms with van der Waals surface area (Å²) in [5.74, 6) is 1.79. The Bertz CT molecular complexity index is 955. The fourth-order valence-electron chi connectivity index (χ4n) is 2.25. The fraction of sp³-hybridized carbons (Fsp3) is 0.125. The predicted molar refractivity (Wildman–Crippen MR) is 116 cm³/mol. The number of terminal acetylenes is 1. The van der Waals surface area contributed by atoms with Gasteiger partial charge in [0.25, 0.3) is 0 Å². The van der Waals surface area contributed by atoms with Gasteiger partial charge in [-0.1, -0.05) is 38.4 Å². The van der Waals surface area contributed by atoms with Gasteiger partial charge in [-0.3, -0.25) is 15.0 Å². The topological polar surface area (TPSA) is 67.4 Å². The lowest BCUT2D eigenvalue weighted by atomic mass is 9.95. The second-order valence-corrected chi connectivity index (χ2v) is 5.86. The van der Waals surface area contributed by atoms with Gasteiger partial charge in [-0.25, -0.2) is 0 Å². The van der Waals surface area contributed by atoms with E-state index in [-0.39, 0.29) is 5.78 Å². The standard InChI is InChI=1S/C24H24N2O3/c1-7-21(15-11-18(5)29-6)26-25-17(4)10-12-19-13-14-20(23(27)8-2)16-22(19)24(28)9-3/h2,9,11,13-16,25-26H,1,3-5,10,12H2,6H3/b15-11+. The van der Waals surface area contributed by atoms with E-state index in [2.05, 4.69) is 42.9 Å². The SMILES string of the molecule is C#CC(=O)c1ccc(CCC(=C)NNC(=C=C)/C=C/C(=C)OC)c(C(=O)C=C)c1. The summed E-state index contributed by atoms with van der Waals surface area (Å²) in [6.07, 6.45) is 10.8. The minimum absolute atomic E-state index is 0.274. The zero-order chi connectivity index (χ0) is 21.8. The average molecular weight is 388 g/mol. The summed E-state index contributed by atoms with van der Waals surface area (Å²) in [7, 11) is 1.53. The predicted octanol–water partition coefficient (Wildman–Crippen LogP) is 3.80. The first-order valence-electron chi connectivity index (χ1n) is 8.67. The van der Waals surface area contributed by atoms with E-state index in [0.29, 0.717) is 41.1 Å². The molecule has 0 aromatic heterocycles. The van der Waals surface area contributed by atoms with Gasteiger partial charge < -0.3 is 10.2 Å². The van der Waals surface area contributed by atoms with Gasteiger partial charge in [0.15, 0.2) is 5.78 Å². The minimum atomic E-state index is -0.474. The van der Waals surface area contributed by atoms with Gasteiger partial charge in [-0.05, 0) is 48.6 Å². The Morgan fingerprint density at radius 3 is 2.55 bits per heavy atom. The lowest BCUT2D eigenvalue weighted by Crippen LogP contribution is -2.29. The van der Waals surface area contributed by atoms with Crippen LogP contribution in [0.5, 0.6) is 0 Å². The normalized spacial score (nSPS) is 9.66. The first-order chi connectivity index (χ1) is 13.9. The number of benzene rings is 1. The maximum absolute atomic E-state index is 12.2. The van der Waals surface area contributed by atoms with Crippen molar-refractivity contribution in [3.05, 3.63) is 102 Å². The Morgan fingerprint density at radius 1 is 1.24 bits per heavy atom. The van der Waals surface area contributed by atoms with Crippen molar-refractivity contribution in [2.24, 2.45) is 0 Å². The van der Waals surface area contributed by atoms with Crippen molar-refractivity contribution in [3.8, 4) is 12.3 Å². The molecule has 0 aliphatic heterocycles. The Morgan fingerprint density at radius 2 is 1.97 bits per heavy atom. The molecule has 148 valence electrons. The molecule has 0 amide bonds. The number of Topliss-reactive ketones (excluding diaryl/α,β-unsaturated/α-hetero) is 1. The van der Waals surface area contributed by atoms with Crippen LogP contribution in [-0.2, 0) is 11.2 Å². The summed E-state index contributed by atoms with van der Waals surface area (Å²) < 4.78 is 4.95. The van der Waals surface area contributed by atoms with Gasteiger partial charge in [0.05, 0.1) is 12.8 Å². The molecule has 0 aliphatic rings. The van der Waals surface area contributed by atoms with Crippen molar-refractivity contribution in [1.82, 2.24) is 10.9 Å². The highest BCUT2D eigenvalue weighted by molar-refractivity contribution is 6.11. The van der Waals surface area contributed by atoms with Crippen LogP contribution < -0.4 is 10.9 Å². The molecule has 0 spiro atoms. The van der Waals surface area contributed by atoms with Crippen LogP contribution in [0.15, 0.2) is 85.6 Å². The van der Waals surface area contributed by atoms with Crippen LogP contribution in [0.3, 0.4) is 0 Å². The first kappa shape index (κ1) is 23.0. The Labute approximate surface area is 171 Å². The van der Waals surface area contributed by atoms with Gasteiger partial charge in [-0.2, -0.15) is 0 Å². The van der Waals surface area contributed by atoms with Crippen molar-refractivity contribution in [3.63, 3.8) is 0 Å². The molecule has 1 aromatic rings. The van der Waals surface area contributed by atoms with Crippen LogP contribution >= 0.6 is 0 Å². The highest BCUT2D eigenvalue weighted by atomic mass is 16.5. The number of allylic oxidation sites excluding steroid dienone is 4. The van der Waals surface area contributed by atoms with E-state index in [0.717, 1.165) is 5.56 Å². The molecule has 0 heterocycles. The monoisotopic (exact) mass is 388 g/mol. The third-order valence-electron chi connectivity index (χ3n) is 3.91. The van der Waals surface area contributed by atoms with Crippen molar-refractivity contribution in [2.75, 3.05) is 7.11 Å². The van der Waals surface area contributed by atoms with Gasteiger partial charge in [0.2, 0.25) is 5.78 Å². The van der Waals surface area contributed by atoms with Gasteiger partial charge in [0.1, 0.15) is 5.76 Å². The molecule has 2 N–H and O–H groups in total. The first-order valence-corrected chi connectivity index (χ1v) is 8.67. The van der Waals surface area contributed by atoms with Crippen LogP contribution in [0.25, 0.3) is 0 Å². The average Bonchev–Trinajstić information content (AvgIpc) is 2.76. The van der Waals surface area contributed by atoms with E-state index in [1.165, 1.54) is 19.3 Å². The molecule has 0 unspecified atom stereocenters. The summed E-state index contributed by atoms with van der Waals surface area (Å²) >= 11 is 0. The van der Waals surface area contributed by atoms with Crippen molar-refractivity contribution < 1.29 is 14.3 Å². The van der Waals surface area contributed by atoms with Gasteiger partial charge >= 0.3 is 0 Å². The molecule has 0 saturated carbocycles. The lowest BCUT2D eigenvalue weighted by molar-refractivity contribution is 0.104. The highest BCUT2D eigenvalue weighted by Crippen LogP contribution is 2.17. The molecular formula is C24H24N2O3. The number of ketones is 2. The largest absolute Gasteiger partial charge is 0.497 e. The quantitative estimate of drug-likeness (QED) is 0.0833. The molecule has 29 heavy (non-hydrogen) atoms. The van der Waals surface area contributed by atoms with Gasteiger partial charge in [-0.15, -0.1) is 12.2 Å². The molecule has 1 aromatic carbocycles. The summed E-state index contributed by atoms with van der Waals surface area (Å²) in [5.41, 5.74) is 11.3. The van der Waals surface area contributed by atoms with E-state index in [9.17, 15) is 9.59 Å². The second-order valence-electron chi connectivity index (χ2n) is 5.86. The van der Waals surface area contributed by atoms with Gasteiger partial charge in [0, 0.05) is 16.8 Å². The molecule has 0 aliphatic carbocycles. The highest BCUT2D eigenvalue weighted by Gasteiger charge is 2.13. The maximum Gasteiger partial charge on any atom is 0.235 e.